The van der Waals surface area contributed by atoms with Crippen LogP contribution in [0.1, 0.15) is 18.4 Å². The van der Waals surface area contributed by atoms with Crippen molar-refractivity contribution in [3.05, 3.63) is 22.4 Å². The third-order valence-electron chi connectivity index (χ3n) is 3.74. The van der Waals surface area contributed by atoms with Crippen LogP contribution in [0.15, 0.2) is 16.8 Å². The Morgan fingerprint density at radius 1 is 1.43 bits per heavy atom. The highest BCUT2D eigenvalue weighted by Crippen LogP contribution is 2.19. The van der Waals surface area contributed by atoms with Gasteiger partial charge in [-0.25, -0.2) is 4.79 Å². The van der Waals surface area contributed by atoms with Crippen LogP contribution in [0.5, 0.6) is 0 Å². The lowest BCUT2D eigenvalue weighted by Gasteiger charge is -2.32. The number of aliphatic hydroxyl groups is 1. The summed E-state index contributed by atoms with van der Waals surface area (Å²) in [4.78, 5) is 13.9. The summed E-state index contributed by atoms with van der Waals surface area (Å²) in [5, 5.41) is 17.7. The molecule has 3 N–H and O–H groups in total. The van der Waals surface area contributed by atoms with Crippen molar-refractivity contribution in [2.24, 2.45) is 0 Å². The first-order valence-electron chi connectivity index (χ1n) is 7.37. The van der Waals surface area contributed by atoms with E-state index in [1.165, 1.54) is 5.56 Å². The van der Waals surface area contributed by atoms with Crippen LogP contribution in [-0.4, -0.2) is 54.0 Å². The number of hydrogen-bond donors (Lipinski definition) is 3. The number of nitrogens with one attached hydrogen (secondary N) is 2. The van der Waals surface area contributed by atoms with E-state index in [4.69, 9.17) is 5.11 Å². The summed E-state index contributed by atoms with van der Waals surface area (Å²) in [6.07, 6.45) is -5.76. The van der Waals surface area contributed by atoms with Crippen LogP contribution in [0.3, 0.4) is 0 Å². The molecule has 0 saturated carbocycles. The van der Waals surface area contributed by atoms with Gasteiger partial charge in [-0.3, -0.25) is 4.90 Å². The average Bonchev–Trinajstić information content (AvgIpc) is 2.99. The Balaban J connectivity index is 1.64. The van der Waals surface area contributed by atoms with Crippen LogP contribution < -0.4 is 10.6 Å². The van der Waals surface area contributed by atoms with Gasteiger partial charge in [0.25, 0.3) is 0 Å². The molecule has 9 heteroatoms. The third-order valence-corrected chi connectivity index (χ3v) is 4.47. The smallest absolute Gasteiger partial charge is 0.382 e. The number of halogens is 3. The Morgan fingerprint density at radius 2 is 2.13 bits per heavy atom. The molecular weight excluding hydrogens is 331 g/mol. The lowest BCUT2D eigenvalue weighted by molar-refractivity contribution is -0.201. The molecule has 1 aromatic rings. The van der Waals surface area contributed by atoms with Gasteiger partial charge in [-0.15, -0.1) is 0 Å². The summed E-state index contributed by atoms with van der Waals surface area (Å²) in [6, 6.07) is 1.34. The molecular formula is C14H20F3N3O2S. The van der Waals surface area contributed by atoms with Crippen LogP contribution in [0.25, 0.3) is 0 Å². The Hall–Kier alpha value is -1.32. The highest BCUT2D eigenvalue weighted by atomic mass is 32.1. The van der Waals surface area contributed by atoms with Crippen molar-refractivity contribution in [3.63, 3.8) is 0 Å². The van der Waals surface area contributed by atoms with Crippen molar-refractivity contribution in [2.45, 2.75) is 37.7 Å². The third kappa shape index (κ3) is 6.00. The zero-order valence-electron chi connectivity index (χ0n) is 12.5. The maximum atomic E-state index is 12.1. The van der Waals surface area contributed by atoms with Gasteiger partial charge in [0, 0.05) is 25.7 Å². The molecule has 130 valence electrons. The summed E-state index contributed by atoms with van der Waals surface area (Å²) >= 11 is 1.65. The van der Waals surface area contributed by atoms with E-state index in [0.29, 0.717) is 0 Å². The molecule has 1 fully saturated rings. The molecule has 0 radical (unpaired) electrons. The van der Waals surface area contributed by atoms with E-state index in [-0.39, 0.29) is 6.04 Å². The van der Waals surface area contributed by atoms with Crippen molar-refractivity contribution in [2.75, 3.05) is 19.6 Å². The van der Waals surface area contributed by atoms with Crippen molar-refractivity contribution >= 4 is 17.4 Å². The second kappa shape index (κ2) is 7.98. The Labute approximate surface area is 136 Å². The van der Waals surface area contributed by atoms with E-state index in [0.717, 1.165) is 32.5 Å². The molecule has 2 amide bonds. The van der Waals surface area contributed by atoms with Gasteiger partial charge < -0.3 is 15.7 Å². The molecule has 0 bridgehead atoms. The number of likely N-dealkylation sites (tertiary alicyclic amines) is 1. The lowest BCUT2D eigenvalue weighted by atomic mass is 10.0. The normalized spacial score (nSPS) is 18.6. The van der Waals surface area contributed by atoms with E-state index < -0.39 is 24.9 Å². The van der Waals surface area contributed by atoms with Gasteiger partial charge in [0.1, 0.15) is 0 Å². The minimum absolute atomic E-state index is 0.0586. The fourth-order valence-corrected chi connectivity index (χ4v) is 3.08. The summed E-state index contributed by atoms with van der Waals surface area (Å²) in [5.74, 6) is 0. The first kappa shape index (κ1) is 18.0. The SMILES string of the molecule is O=C(NCC(O)C(F)(F)F)NC1CCN(Cc2ccsc2)CC1. The molecule has 1 atom stereocenters. The molecule has 1 aliphatic heterocycles. The number of aliphatic hydroxyl groups excluding tert-OH is 1. The highest BCUT2D eigenvalue weighted by molar-refractivity contribution is 7.07. The number of thiophene rings is 1. The van der Waals surface area contributed by atoms with Gasteiger partial charge in [-0.1, -0.05) is 0 Å². The molecule has 2 rings (SSSR count). The zero-order valence-corrected chi connectivity index (χ0v) is 13.3. The number of nitrogens with zero attached hydrogens (tertiary/aromatic N) is 1. The minimum Gasteiger partial charge on any atom is -0.382 e. The quantitative estimate of drug-likeness (QED) is 0.760. The van der Waals surface area contributed by atoms with Gasteiger partial charge in [-0.05, 0) is 35.2 Å². The summed E-state index contributed by atoms with van der Waals surface area (Å²) in [6.45, 7) is 1.68. The Kier molecular flexibility index (Phi) is 6.25. The molecule has 2 heterocycles. The number of alkyl halides is 3. The maximum absolute atomic E-state index is 12.1. The molecule has 1 saturated heterocycles. The van der Waals surface area contributed by atoms with Gasteiger partial charge in [0.2, 0.25) is 0 Å². The number of urea groups is 1. The minimum atomic E-state index is -4.72. The average molecular weight is 351 g/mol. The molecule has 0 aliphatic carbocycles. The van der Waals surface area contributed by atoms with E-state index in [2.05, 4.69) is 27.0 Å². The second-order valence-electron chi connectivity index (χ2n) is 5.59. The fraction of sp³-hybridized carbons (Fsp3) is 0.643. The molecule has 5 nitrogen and oxygen atoms in total. The number of hydrogen-bond acceptors (Lipinski definition) is 4. The number of carbonyl (C=O) groups is 1. The highest BCUT2D eigenvalue weighted by Gasteiger charge is 2.38. The summed E-state index contributed by atoms with van der Waals surface area (Å²) in [5.41, 5.74) is 1.26. The summed E-state index contributed by atoms with van der Waals surface area (Å²) < 4.78 is 36.4. The van der Waals surface area contributed by atoms with Crippen LogP contribution in [-0.2, 0) is 6.54 Å². The van der Waals surface area contributed by atoms with Crippen molar-refractivity contribution in [3.8, 4) is 0 Å². The van der Waals surface area contributed by atoms with E-state index >= 15 is 0 Å². The molecule has 23 heavy (non-hydrogen) atoms. The zero-order chi connectivity index (χ0) is 16.9. The maximum Gasteiger partial charge on any atom is 0.416 e. The number of amides is 2. The van der Waals surface area contributed by atoms with Crippen molar-refractivity contribution in [1.29, 1.82) is 0 Å². The first-order valence-corrected chi connectivity index (χ1v) is 8.31. The van der Waals surface area contributed by atoms with Crippen LogP contribution in [0.2, 0.25) is 0 Å². The number of rotatable bonds is 5. The summed E-state index contributed by atoms with van der Waals surface area (Å²) in [7, 11) is 0. The van der Waals surface area contributed by atoms with E-state index in [1.54, 1.807) is 11.3 Å². The predicted molar refractivity (Wildman–Crippen MR) is 81.2 cm³/mol. The van der Waals surface area contributed by atoms with Gasteiger partial charge in [0.15, 0.2) is 6.10 Å². The Bertz CT molecular complexity index is 488. The number of carbonyl (C=O) groups excluding carboxylic acids is 1. The molecule has 1 aromatic heterocycles. The van der Waals surface area contributed by atoms with Crippen molar-refractivity contribution in [1.82, 2.24) is 15.5 Å². The van der Waals surface area contributed by atoms with E-state index in [1.807, 2.05) is 5.38 Å². The Morgan fingerprint density at radius 3 is 2.70 bits per heavy atom. The van der Waals surface area contributed by atoms with Crippen molar-refractivity contribution < 1.29 is 23.1 Å². The fourth-order valence-electron chi connectivity index (χ4n) is 2.42. The number of piperidine rings is 1. The van der Waals surface area contributed by atoms with Gasteiger partial charge >= 0.3 is 12.2 Å². The van der Waals surface area contributed by atoms with Crippen LogP contribution >= 0.6 is 11.3 Å². The first-order chi connectivity index (χ1) is 10.8. The largest absolute Gasteiger partial charge is 0.416 e. The predicted octanol–water partition coefficient (Wildman–Crippen LogP) is 1.93. The topological polar surface area (TPSA) is 64.6 Å². The van der Waals surface area contributed by atoms with Crippen LogP contribution in [0.4, 0.5) is 18.0 Å². The molecule has 0 aromatic carbocycles. The molecule has 1 aliphatic rings. The molecule has 1 unspecified atom stereocenters. The molecule has 0 spiro atoms. The standard InChI is InChI=1S/C14H20F3N3O2S/c15-14(16,17)12(21)7-18-13(22)19-11-1-4-20(5-2-11)8-10-3-6-23-9-10/h3,6,9,11-12,21H,1-2,4-5,7-8H2,(H2,18,19,22). The van der Waals surface area contributed by atoms with E-state index in [9.17, 15) is 18.0 Å². The van der Waals surface area contributed by atoms with Gasteiger partial charge in [0.05, 0.1) is 6.54 Å². The van der Waals surface area contributed by atoms with Crippen LogP contribution in [0, 0.1) is 0 Å². The van der Waals surface area contributed by atoms with Gasteiger partial charge in [-0.2, -0.15) is 24.5 Å². The second-order valence-corrected chi connectivity index (χ2v) is 6.37. The lowest BCUT2D eigenvalue weighted by Crippen LogP contribution is -2.50. The monoisotopic (exact) mass is 351 g/mol.